The molecule has 98 valence electrons. The first-order valence-electron chi connectivity index (χ1n) is 5.60. The van der Waals surface area contributed by atoms with Crippen molar-refractivity contribution in [3.8, 4) is 6.07 Å². The van der Waals surface area contributed by atoms with Gasteiger partial charge in [-0.25, -0.2) is 9.48 Å². The van der Waals surface area contributed by atoms with Crippen LogP contribution in [0, 0.1) is 18.3 Å². The molecule has 0 atom stereocenters. The smallest absolute Gasteiger partial charge is 0.414 e. The van der Waals surface area contributed by atoms with Crippen LogP contribution in [0.2, 0.25) is 0 Å². The van der Waals surface area contributed by atoms with Gasteiger partial charge in [0.1, 0.15) is 11.4 Å². The maximum Gasteiger partial charge on any atom is 0.414 e. The summed E-state index contributed by atoms with van der Waals surface area (Å²) in [4.78, 5) is 15.6. The fraction of sp³-hybridized carbons (Fsp3) is 0.636. The number of amides is 1. The minimum absolute atomic E-state index is 0.289. The van der Waals surface area contributed by atoms with E-state index < -0.39 is 11.7 Å². The number of rotatable bonds is 3. The van der Waals surface area contributed by atoms with Gasteiger partial charge in [-0.2, -0.15) is 15.3 Å². The summed E-state index contributed by atoms with van der Waals surface area (Å²) in [7, 11) is 0. The van der Waals surface area contributed by atoms with Crippen LogP contribution in [0.1, 0.15) is 33.0 Å². The van der Waals surface area contributed by atoms with E-state index in [2.05, 4.69) is 15.4 Å². The third-order valence-corrected chi connectivity index (χ3v) is 1.83. The molecular weight excluding hydrogens is 234 g/mol. The fourth-order valence-corrected chi connectivity index (χ4v) is 1.25. The van der Waals surface area contributed by atoms with Gasteiger partial charge in [0.25, 0.3) is 0 Å². The van der Waals surface area contributed by atoms with E-state index in [4.69, 9.17) is 10.00 Å². The molecule has 0 radical (unpaired) electrons. The first-order chi connectivity index (χ1) is 8.31. The van der Waals surface area contributed by atoms with E-state index in [1.165, 1.54) is 4.68 Å². The van der Waals surface area contributed by atoms with E-state index in [0.29, 0.717) is 18.8 Å². The van der Waals surface area contributed by atoms with E-state index in [0.717, 1.165) is 0 Å². The highest BCUT2D eigenvalue weighted by Gasteiger charge is 2.18. The molecule has 0 aliphatic rings. The molecule has 0 unspecified atom stereocenters. The molecule has 0 aliphatic carbocycles. The molecule has 0 saturated heterocycles. The van der Waals surface area contributed by atoms with Crippen LogP contribution in [0.25, 0.3) is 0 Å². The number of hydrogen-bond donors (Lipinski definition) is 1. The maximum absolute atomic E-state index is 11.6. The number of hydrogen-bond acceptors (Lipinski definition) is 5. The van der Waals surface area contributed by atoms with E-state index in [-0.39, 0.29) is 5.95 Å². The number of carbonyl (C=O) groups is 1. The van der Waals surface area contributed by atoms with Crippen molar-refractivity contribution in [2.75, 3.05) is 5.32 Å². The second-order valence-corrected chi connectivity index (χ2v) is 4.74. The van der Waals surface area contributed by atoms with Gasteiger partial charge in [0, 0.05) is 0 Å². The summed E-state index contributed by atoms with van der Waals surface area (Å²) in [6.07, 6.45) is -0.292. The van der Waals surface area contributed by atoms with Crippen molar-refractivity contribution in [1.29, 1.82) is 5.26 Å². The lowest BCUT2D eigenvalue weighted by molar-refractivity contribution is 0.0634. The highest BCUT2D eigenvalue weighted by molar-refractivity contribution is 5.82. The van der Waals surface area contributed by atoms with Crippen LogP contribution in [0.15, 0.2) is 0 Å². The van der Waals surface area contributed by atoms with E-state index in [9.17, 15) is 4.79 Å². The van der Waals surface area contributed by atoms with Gasteiger partial charge in [-0.3, -0.25) is 5.32 Å². The predicted molar refractivity (Wildman–Crippen MR) is 64.8 cm³/mol. The van der Waals surface area contributed by atoms with E-state index in [1.54, 1.807) is 27.7 Å². The molecule has 1 aromatic rings. The van der Waals surface area contributed by atoms with Gasteiger partial charge in [-0.05, 0) is 27.7 Å². The molecule has 1 aromatic heterocycles. The Morgan fingerprint density at radius 1 is 1.56 bits per heavy atom. The number of nitrogens with zero attached hydrogens (tertiary/aromatic N) is 4. The van der Waals surface area contributed by atoms with Crippen molar-refractivity contribution >= 4 is 12.0 Å². The van der Waals surface area contributed by atoms with Gasteiger partial charge >= 0.3 is 6.09 Å². The third-order valence-electron chi connectivity index (χ3n) is 1.83. The normalized spacial score (nSPS) is 10.8. The maximum atomic E-state index is 11.6. The van der Waals surface area contributed by atoms with Crippen LogP contribution >= 0.6 is 0 Å². The Bertz CT molecular complexity index is 467. The Kier molecular flexibility index (Phi) is 4.26. The number of ether oxygens (including phenoxy) is 1. The standard InChI is InChI=1S/C11H17N5O2/c1-8-13-9(16(15-8)7-5-6-12)14-10(17)18-11(2,3)4/h5,7H2,1-4H3,(H,13,14,15,17). The first kappa shape index (κ1) is 14.0. The molecule has 7 heteroatoms. The van der Waals surface area contributed by atoms with Crippen molar-refractivity contribution in [3.63, 3.8) is 0 Å². The largest absolute Gasteiger partial charge is 0.444 e. The number of aryl methyl sites for hydroxylation is 2. The molecule has 1 amide bonds. The summed E-state index contributed by atoms with van der Waals surface area (Å²) in [6.45, 7) is 7.42. The lowest BCUT2D eigenvalue weighted by Crippen LogP contribution is -2.28. The minimum atomic E-state index is -0.590. The Balaban J connectivity index is 2.72. The highest BCUT2D eigenvalue weighted by Crippen LogP contribution is 2.10. The molecule has 0 aromatic carbocycles. The van der Waals surface area contributed by atoms with Gasteiger partial charge in [-0.15, -0.1) is 0 Å². The molecule has 18 heavy (non-hydrogen) atoms. The molecule has 7 nitrogen and oxygen atoms in total. The van der Waals surface area contributed by atoms with Crippen LogP contribution in [-0.2, 0) is 11.3 Å². The first-order valence-corrected chi connectivity index (χ1v) is 5.60. The third kappa shape index (κ3) is 4.41. The molecule has 0 aliphatic heterocycles. The van der Waals surface area contributed by atoms with Crippen LogP contribution in [0.3, 0.4) is 0 Å². The van der Waals surface area contributed by atoms with Crippen LogP contribution in [0.4, 0.5) is 10.7 Å². The summed E-state index contributed by atoms with van der Waals surface area (Å²) in [6, 6.07) is 2.01. The number of anilines is 1. The van der Waals surface area contributed by atoms with Gasteiger partial charge < -0.3 is 4.74 Å². The molecule has 1 rings (SSSR count). The molecule has 1 N–H and O–H groups in total. The summed E-state index contributed by atoms with van der Waals surface area (Å²) in [5.41, 5.74) is -0.573. The second kappa shape index (κ2) is 5.49. The highest BCUT2D eigenvalue weighted by atomic mass is 16.6. The molecule has 0 spiro atoms. The minimum Gasteiger partial charge on any atom is -0.444 e. The van der Waals surface area contributed by atoms with E-state index in [1.807, 2.05) is 6.07 Å². The number of nitrogens with one attached hydrogen (secondary N) is 1. The molecule has 1 heterocycles. The average Bonchev–Trinajstić information content (AvgIpc) is 2.52. The van der Waals surface area contributed by atoms with Crippen LogP contribution in [-0.4, -0.2) is 26.5 Å². The molecule has 0 bridgehead atoms. The zero-order valence-electron chi connectivity index (χ0n) is 11.0. The summed E-state index contributed by atoms with van der Waals surface area (Å²) < 4.78 is 6.59. The summed E-state index contributed by atoms with van der Waals surface area (Å²) in [5.74, 6) is 0.816. The van der Waals surface area contributed by atoms with Gasteiger partial charge in [0.2, 0.25) is 5.95 Å². The van der Waals surface area contributed by atoms with Gasteiger partial charge in [0.15, 0.2) is 0 Å². The summed E-state index contributed by atoms with van der Waals surface area (Å²) in [5, 5.41) is 15.1. The molecule has 0 fully saturated rings. The van der Waals surface area contributed by atoms with Crippen molar-refractivity contribution in [1.82, 2.24) is 14.8 Å². The average molecular weight is 251 g/mol. The van der Waals surface area contributed by atoms with Crippen molar-refractivity contribution in [3.05, 3.63) is 5.82 Å². The Hall–Kier alpha value is -2.10. The topological polar surface area (TPSA) is 92.8 Å². The fourth-order valence-electron chi connectivity index (χ4n) is 1.25. The van der Waals surface area contributed by atoms with Crippen LogP contribution in [0.5, 0.6) is 0 Å². The Morgan fingerprint density at radius 2 is 2.22 bits per heavy atom. The number of nitriles is 1. The Labute approximate surface area is 106 Å². The van der Waals surface area contributed by atoms with Crippen molar-refractivity contribution in [2.45, 2.75) is 46.3 Å². The SMILES string of the molecule is Cc1nc(NC(=O)OC(C)(C)C)n(CCC#N)n1. The quantitative estimate of drug-likeness (QED) is 0.884. The van der Waals surface area contributed by atoms with Crippen molar-refractivity contribution in [2.24, 2.45) is 0 Å². The lowest BCUT2D eigenvalue weighted by Gasteiger charge is -2.19. The van der Waals surface area contributed by atoms with Gasteiger partial charge in [-0.1, -0.05) is 0 Å². The monoisotopic (exact) mass is 251 g/mol. The number of carbonyl (C=O) groups excluding carboxylic acids is 1. The summed E-state index contributed by atoms with van der Waals surface area (Å²) >= 11 is 0. The molecule has 0 saturated carbocycles. The zero-order valence-corrected chi connectivity index (χ0v) is 11.0. The van der Waals surface area contributed by atoms with Crippen LogP contribution < -0.4 is 5.32 Å². The zero-order chi connectivity index (χ0) is 13.8. The van der Waals surface area contributed by atoms with E-state index >= 15 is 0 Å². The number of aromatic nitrogens is 3. The van der Waals surface area contributed by atoms with Crippen molar-refractivity contribution < 1.29 is 9.53 Å². The van der Waals surface area contributed by atoms with Gasteiger partial charge in [0.05, 0.1) is 19.0 Å². The predicted octanol–water partition coefficient (Wildman–Crippen LogP) is 1.85. The Morgan fingerprint density at radius 3 is 2.78 bits per heavy atom. The molecular formula is C11H17N5O2. The second-order valence-electron chi connectivity index (χ2n) is 4.74. The lowest BCUT2D eigenvalue weighted by atomic mass is 10.2.